The number of halogens is 1. The van der Waals surface area contributed by atoms with E-state index in [1.54, 1.807) is 12.1 Å². The molecule has 5 rings (SSSR count). The molecule has 0 radical (unpaired) electrons. The molecule has 0 atom stereocenters. The number of carboxylic acid groups (broad SMARTS) is 1. The molecule has 1 aliphatic rings. The van der Waals surface area contributed by atoms with E-state index in [0.717, 1.165) is 24.6 Å². The van der Waals surface area contributed by atoms with Gasteiger partial charge in [-0.2, -0.15) is 0 Å². The van der Waals surface area contributed by atoms with Crippen LogP contribution in [0.15, 0.2) is 60.9 Å². The largest absolute Gasteiger partial charge is 0.478 e. The highest BCUT2D eigenvalue weighted by molar-refractivity contribution is 5.93. The summed E-state index contributed by atoms with van der Waals surface area (Å²) in [6.45, 7) is 2.12. The van der Waals surface area contributed by atoms with Crippen molar-refractivity contribution in [3.05, 3.63) is 83.4 Å². The van der Waals surface area contributed by atoms with E-state index in [4.69, 9.17) is 4.74 Å². The van der Waals surface area contributed by atoms with E-state index in [-0.39, 0.29) is 11.3 Å². The normalized spacial score (nSPS) is 13.5. The van der Waals surface area contributed by atoms with Gasteiger partial charge in [0.2, 0.25) is 0 Å². The Balaban J connectivity index is 1.57. The Bertz CT molecular complexity index is 1300. The number of benzene rings is 3. The molecular weight excluding hydrogens is 393 g/mol. The van der Waals surface area contributed by atoms with Crippen molar-refractivity contribution in [1.82, 2.24) is 4.98 Å². The smallest absolute Gasteiger partial charge is 0.339 e. The molecule has 1 heterocycles. The minimum atomic E-state index is -1.12. The van der Waals surface area contributed by atoms with Crippen molar-refractivity contribution in [2.24, 2.45) is 0 Å². The number of aromatic carboxylic acids is 1. The van der Waals surface area contributed by atoms with Gasteiger partial charge in [0.15, 0.2) is 0 Å². The zero-order chi connectivity index (χ0) is 21.5. The molecule has 31 heavy (non-hydrogen) atoms. The molecule has 0 spiro atoms. The van der Waals surface area contributed by atoms with Crippen molar-refractivity contribution in [2.75, 3.05) is 0 Å². The average Bonchev–Trinajstić information content (AvgIpc) is 3.53. The second-order valence-electron chi connectivity index (χ2n) is 8.03. The molecule has 5 heteroatoms. The Kier molecular flexibility index (Phi) is 4.74. The molecule has 1 fully saturated rings. The first-order chi connectivity index (χ1) is 15.0. The number of carbonyl (C=O) groups is 1. The van der Waals surface area contributed by atoms with E-state index in [2.05, 4.69) is 30.1 Å². The number of rotatable bonds is 6. The molecule has 0 amide bonds. The fourth-order valence-electron chi connectivity index (χ4n) is 4.08. The van der Waals surface area contributed by atoms with Gasteiger partial charge in [0.1, 0.15) is 22.9 Å². The molecule has 1 aromatic heterocycles. The van der Waals surface area contributed by atoms with Crippen LogP contribution in [0.5, 0.6) is 11.5 Å². The maximum Gasteiger partial charge on any atom is 0.339 e. The van der Waals surface area contributed by atoms with Crippen molar-refractivity contribution < 1.29 is 19.0 Å². The number of aromatic amines is 1. The monoisotopic (exact) mass is 415 g/mol. The van der Waals surface area contributed by atoms with Crippen molar-refractivity contribution in [3.63, 3.8) is 0 Å². The van der Waals surface area contributed by atoms with E-state index in [0.29, 0.717) is 22.8 Å². The van der Waals surface area contributed by atoms with Crippen LogP contribution in [0.1, 0.15) is 47.2 Å². The van der Waals surface area contributed by atoms with Crippen LogP contribution in [0.3, 0.4) is 0 Å². The van der Waals surface area contributed by atoms with Crippen molar-refractivity contribution in [2.45, 2.75) is 32.1 Å². The Morgan fingerprint density at radius 1 is 1.13 bits per heavy atom. The fraction of sp³-hybridized carbons (Fsp3) is 0.192. The minimum absolute atomic E-state index is 0.00604. The van der Waals surface area contributed by atoms with Crippen LogP contribution in [0, 0.1) is 5.82 Å². The van der Waals surface area contributed by atoms with E-state index in [9.17, 15) is 14.3 Å². The van der Waals surface area contributed by atoms with Gasteiger partial charge in [-0.15, -0.1) is 0 Å². The van der Waals surface area contributed by atoms with Crippen LogP contribution in [0.4, 0.5) is 4.39 Å². The lowest BCUT2D eigenvalue weighted by Crippen LogP contribution is -2.01. The van der Waals surface area contributed by atoms with Gasteiger partial charge in [-0.1, -0.05) is 31.2 Å². The molecule has 1 aliphatic carbocycles. The molecule has 4 nitrogen and oxygen atoms in total. The third-order valence-electron chi connectivity index (χ3n) is 5.89. The van der Waals surface area contributed by atoms with Crippen molar-refractivity contribution in [3.8, 4) is 22.6 Å². The quantitative estimate of drug-likeness (QED) is 0.360. The van der Waals surface area contributed by atoms with Crippen LogP contribution < -0.4 is 4.74 Å². The molecule has 4 aromatic rings. The van der Waals surface area contributed by atoms with Crippen LogP contribution in [0.2, 0.25) is 0 Å². The number of fused-ring (bicyclic) bond motifs is 1. The highest BCUT2D eigenvalue weighted by Crippen LogP contribution is 2.45. The van der Waals surface area contributed by atoms with Gasteiger partial charge in [-0.05, 0) is 76.9 Å². The minimum Gasteiger partial charge on any atom is -0.478 e. The summed E-state index contributed by atoms with van der Waals surface area (Å²) in [4.78, 5) is 14.6. The zero-order valence-electron chi connectivity index (χ0n) is 17.1. The molecule has 0 aliphatic heterocycles. The number of carboxylic acids is 1. The van der Waals surface area contributed by atoms with Gasteiger partial charge in [0.25, 0.3) is 0 Å². The number of ether oxygens (including phenoxy) is 1. The highest BCUT2D eigenvalue weighted by atomic mass is 19.1. The van der Waals surface area contributed by atoms with Gasteiger partial charge < -0.3 is 14.8 Å². The van der Waals surface area contributed by atoms with Gasteiger partial charge in [0, 0.05) is 18.0 Å². The summed E-state index contributed by atoms with van der Waals surface area (Å²) in [6.07, 6.45) is 6.00. The van der Waals surface area contributed by atoms with Crippen molar-refractivity contribution >= 4 is 16.7 Å². The molecular formula is C26H22FNO3. The Labute approximate surface area is 179 Å². The van der Waals surface area contributed by atoms with E-state index >= 15 is 0 Å². The van der Waals surface area contributed by atoms with Gasteiger partial charge in [-0.3, -0.25) is 0 Å². The molecule has 0 saturated heterocycles. The highest BCUT2D eigenvalue weighted by Gasteiger charge is 2.26. The predicted octanol–water partition coefficient (Wildman–Crippen LogP) is 6.90. The van der Waals surface area contributed by atoms with Gasteiger partial charge in [0.05, 0.1) is 0 Å². The summed E-state index contributed by atoms with van der Waals surface area (Å²) >= 11 is 0. The number of nitrogens with one attached hydrogen (secondary N) is 1. The topological polar surface area (TPSA) is 62.3 Å². The van der Waals surface area contributed by atoms with E-state index in [1.807, 2.05) is 12.1 Å². The molecule has 0 unspecified atom stereocenters. The maximum absolute atomic E-state index is 13.9. The summed E-state index contributed by atoms with van der Waals surface area (Å²) in [6, 6.07) is 15.2. The van der Waals surface area contributed by atoms with E-state index < -0.39 is 11.8 Å². The third-order valence-corrected chi connectivity index (χ3v) is 5.89. The lowest BCUT2D eigenvalue weighted by atomic mass is 9.98. The van der Waals surface area contributed by atoms with Gasteiger partial charge >= 0.3 is 5.97 Å². The summed E-state index contributed by atoms with van der Waals surface area (Å²) in [5, 5.41) is 12.1. The predicted molar refractivity (Wildman–Crippen MR) is 119 cm³/mol. The maximum atomic E-state index is 13.9. The van der Waals surface area contributed by atoms with E-state index in [1.165, 1.54) is 35.0 Å². The molecule has 1 saturated carbocycles. The Morgan fingerprint density at radius 2 is 1.97 bits per heavy atom. The zero-order valence-corrected chi connectivity index (χ0v) is 17.1. The molecule has 2 N–H and O–H groups in total. The second kappa shape index (κ2) is 7.58. The number of aromatic nitrogens is 1. The number of H-pyrrole nitrogens is 1. The lowest BCUT2D eigenvalue weighted by molar-refractivity contribution is 0.0694. The number of hydrogen-bond donors (Lipinski definition) is 2. The third kappa shape index (κ3) is 3.67. The van der Waals surface area contributed by atoms with Gasteiger partial charge in [-0.25, -0.2) is 9.18 Å². The van der Waals surface area contributed by atoms with Crippen LogP contribution >= 0.6 is 0 Å². The summed E-state index contributed by atoms with van der Waals surface area (Å²) < 4.78 is 20.0. The first kappa shape index (κ1) is 19.4. The molecule has 156 valence electrons. The second-order valence-corrected chi connectivity index (χ2v) is 8.03. The number of aryl methyl sites for hydroxylation is 1. The molecule has 0 bridgehead atoms. The summed E-state index contributed by atoms with van der Waals surface area (Å²) in [5.74, 6) is -0.174. The molecule has 3 aromatic carbocycles. The Morgan fingerprint density at radius 3 is 2.65 bits per heavy atom. The first-order valence-electron chi connectivity index (χ1n) is 10.5. The lowest BCUT2D eigenvalue weighted by Gasteiger charge is -2.14. The fourth-order valence-corrected chi connectivity index (χ4v) is 4.08. The van der Waals surface area contributed by atoms with Crippen LogP contribution in [-0.4, -0.2) is 16.1 Å². The SMILES string of the molecule is CCc1ccc2c(C3CC3)cc(Oc3ccc(-c4c[nH]cc4F)cc3C(=O)O)cc2c1. The summed E-state index contributed by atoms with van der Waals surface area (Å²) in [7, 11) is 0. The van der Waals surface area contributed by atoms with Crippen molar-refractivity contribution in [1.29, 1.82) is 0 Å². The first-order valence-corrected chi connectivity index (χ1v) is 10.5. The Hall–Kier alpha value is -3.60. The van der Waals surface area contributed by atoms with Crippen LogP contribution in [0.25, 0.3) is 21.9 Å². The average molecular weight is 415 g/mol. The standard InChI is InChI=1S/C26H22FNO3/c1-2-15-3-7-20-18(9-15)10-19(12-21(20)16-4-5-16)31-25-8-6-17(11-22(25)26(29)30)23-13-28-14-24(23)27/h3,6-14,16,28H,2,4-5H2,1H3,(H,29,30). The van der Waals surface area contributed by atoms with Crippen LogP contribution in [-0.2, 0) is 6.42 Å². The summed E-state index contributed by atoms with van der Waals surface area (Å²) in [5.41, 5.74) is 3.29. The number of hydrogen-bond acceptors (Lipinski definition) is 2.